The highest BCUT2D eigenvalue weighted by atomic mass is 16.5. The minimum absolute atomic E-state index is 0.123. The summed E-state index contributed by atoms with van der Waals surface area (Å²) >= 11 is 0. The molecule has 1 atom stereocenters. The summed E-state index contributed by atoms with van der Waals surface area (Å²) < 4.78 is 5.43. The number of rotatable bonds is 5. The van der Waals surface area contributed by atoms with Gasteiger partial charge >= 0.3 is 5.97 Å². The molecule has 4 nitrogen and oxygen atoms in total. The highest BCUT2D eigenvalue weighted by Crippen LogP contribution is 2.17. The summed E-state index contributed by atoms with van der Waals surface area (Å²) in [6.45, 7) is 2.64. The lowest BCUT2D eigenvalue weighted by Crippen LogP contribution is -2.37. The van der Waals surface area contributed by atoms with E-state index in [1.807, 2.05) is 6.92 Å². The molecule has 1 aliphatic rings. The van der Waals surface area contributed by atoms with Gasteiger partial charge in [-0.15, -0.1) is 0 Å². The van der Waals surface area contributed by atoms with Gasteiger partial charge in [0.25, 0.3) is 0 Å². The van der Waals surface area contributed by atoms with Crippen LogP contribution in [-0.4, -0.2) is 24.7 Å². The second-order valence-corrected chi connectivity index (χ2v) is 5.58. The van der Waals surface area contributed by atoms with Gasteiger partial charge in [-0.1, -0.05) is 19.3 Å². The molecule has 0 spiro atoms. The number of nitrogens with two attached hydrogens (primary N) is 1. The molecule has 0 saturated heterocycles. The summed E-state index contributed by atoms with van der Waals surface area (Å²) in [6, 6.07) is 7.39. The lowest BCUT2D eigenvalue weighted by Gasteiger charge is -2.24. The Balaban J connectivity index is 1.74. The van der Waals surface area contributed by atoms with E-state index in [1.165, 1.54) is 32.1 Å². The van der Waals surface area contributed by atoms with Gasteiger partial charge in [0.2, 0.25) is 0 Å². The van der Waals surface area contributed by atoms with E-state index >= 15 is 0 Å². The standard InChI is InChI=1S/C16H24N2O2/c1-12(11-18-15-5-3-2-4-6-15)20-16(19)13-7-9-14(17)10-8-13/h7-10,12,15,18H,2-6,11,17H2,1H3. The van der Waals surface area contributed by atoms with Crippen LogP contribution < -0.4 is 11.1 Å². The number of hydrogen-bond acceptors (Lipinski definition) is 4. The van der Waals surface area contributed by atoms with Crippen LogP contribution in [0.25, 0.3) is 0 Å². The van der Waals surface area contributed by atoms with E-state index in [2.05, 4.69) is 5.32 Å². The summed E-state index contributed by atoms with van der Waals surface area (Å²) in [5, 5.41) is 3.49. The van der Waals surface area contributed by atoms with Crippen LogP contribution in [0.1, 0.15) is 49.4 Å². The molecule has 0 heterocycles. The van der Waals surface area contributed by atoms with Crippen molar-refractivity contribution in [2.24, 2.45) is 0 Å². The lowest BCUT2D eigenvalue weighted by atomic mass is 9.95. The number of nitrogens with one attached hydrogen (secondary N) is 1. The monoisotopic (exact) mass is 276 g/mol. The zero-order valence-corrected chi connectivity index (χ0v) is 12.1. The molecule has 110 valence electrons. The summed E-state index contributed by atoms with van der Waals surface area (Å²) in [5.74, 6) is -0.289. The molecule has 1 aliphatic carbocycles. The zero-order valence-electron chi connectivity index (χ0n) is 12.1. The molecule has 0 radical (unpaired) electrons. The number of esters is 1. The Morgan fingerprint density at radius 3 is 2.60 bits per heavy atom. The molecule has 3 N–H and O–H groups in total. The van der Waals surface area contributed by atoms with Crippen LogP contribution in [0, 0.1) is 0 Å². The average molecular weight is 276 g/mol. The Bertz CT molecular complexity index is 425. The number of ether oxygens (including phenoxy) is 1. The van der Waals surface area contributed by atoms with Crippen LogP contribution in [0.3, 0.4) is 0 Å². The van der Waals surface area contributed by atoms with E-state index in [1.54, 1.807) is 24.3 Å². The van der Waals surface area contributed by atoms with Gasteiger partial charge in [0.15, 0.2) is 0 Å². The maximum atomic E-state index is 11.9. The molecule has 1 aromatic rings. The van der Waals surface area contributed by atoms with Gasteiger partial charge in [-0.3, -0.25) is 0 Å². The molecule has 1 saturated carbocycles. The van der Waals surface area contributed by atoms with Gasteiger partial charge in [0.1, 0.15) is 6.10 Å². The van der Waals surface area contributed by atoms with Crippen molar-refractivity contribution < 1.29 is 9.53 Å². The Hall–Kier alpha value is -1.55. The zero-order chi connectivity index (χ0) is 14.4. The van der Waals surface area contributed by atoms with E-state index in [4.69, 9.17) is 10.5 Å². The highest BCUT2D eigenvalue weighted by molar-refractivity contribution is 5.89. The summed E-state index contributed by atoms with van der Waals surface area (Å²) in [7, 11) is 0. The number of nitrogen functional groups attached to an aromatic ring is 1. The van der Waals surface area contributed by atoms with Gasteiger partial charge in [-0.05, 0) is 44.0 Å². The first-order valence-corrected chi connectivity index (χ1v) is 7.45. The van der Waals surface area contributed by atoms with Crippen molar-refractivity contribution >= 4 is 11.7 Å². The number of carbonyl (C=O) groups excluding carboxylic acids is 1. The van der Waals surface area contributed by atoms with Crippen molar-refractivity contribution in [1.82, 2.24) is 5.32 Å². The molecule has 1 fully saturated rings. The molecular weight excluding hydrogens is 252 g/mol. The minimum atomic E-state index is -0.289. The quantitative estimate of drug-likeness (QED) is 0.641. The fourth-order valence-corrected chi connectivity index (χ4v) is 2.55. The van der Waals surface area contributed by atoms with Crippen molar-refractivity contribution in [3.05, 3.63) is 29.8 Å². The molecule has 2 rings (SSSR count). The van der Waals surface area contributed by atoms with E-state index in [9.17, 15) is 4.79 Å². The largest absolute Gasteiger partial charge is 0.458 e. The molecule has 0 bridgehead atoms. The van der Waals surface area contributed by atoms with E-state index in [0.29, 0.717) is 23.8 Å². The van der Waals surface area contributed by atoms with Gasteiger partial charge in [-0.25, -0.2) is 4.79 Å². The number of carbonyl (C=O) groups is 1. The van der Waals surface area contributed by atoms with Crippen molar-refractivity contribution in [1.29, 1.82) is 0 Å². The number of hydrogen-bond donors (Lipinski definition) is 2. The van der Waals surface area contributed by atoms with Gasteiger partial charge in [0, 0.05) is 18.3 Å². The van der Waals surface area contributed by atoms with E-state index in [-0.39, 0.29) is 12.1 Å². The Kier molecular flexibility index (Phi) is 5.41. The van der Waals surface area contributed by atoms with Crippen molar-refractivity contribution in [3.8, 4) is 0 Å². The number of anilines is 1. The second kappa shape index (κ2) is 7.29. The predicted molar refractivity (Wildman–Crippen MR) is 80.6 cm³/mol. The molecule has 4 heteroatoms. The smallest absolute Gasteiger partial charge is 0.338 e. The average Bonchev–Trinajstić information content (AvgIpc) is 2.47. The summed E-state index contributed by atoms with van der Waals surface area (Å²) in [5.41, 5.74) is 6.79. The Labute approximate surface area is 120 Å². The topological polar surface area (TPSA) is 64.3 Å². The fraction of sp³-hybridized carbons (Fsp3) is 0.562. The molecule has 0 aliphatic heterocycles. The van der Waals surface area contributed by atoms with Crippen LogP contribution in [-0.2, 0) is 4.74 Å². The van der Waals surface area contributed by atoms with Crippen molar-refractivity contribution in [2.45, 2.75) is 51.2 Å². The third kappa shape index (κ3) is 4.53. The molecule has 0 amide bonds. The second-order valence-electron chi connectivity index (χ2n) is 5.58. The maximum absolute atomic E-state index is 11.9. The van der Waals surface area contributed by atoms with Crippen molar-refractivity contribution in [3.63, 3.8) is 0 Å². The summed E-state index contributed by atoms with van der Waals surface area (Å²) in [4.78, 5) is 11.9. The van der Waals surface area contributed by atoms with Crippen LogP contribution in [0.15, 0.2) is 24.3 Å². The highest BCUT2D eigenvalue weighted by Gasteiger charge is 2.16. The first kappa shape index (κ1) is 14.9. The Morgan fingerprint density at radius 1 is 1.30 bits per heavy atom. The predicted octanol–water partition coefficient (Wildman–Crippen LogP) is 2.74. The molecular formula is C16H24N2O2. The maximum Gasteiger partial charge on any atom is 0.338 e. The first-order valence-electron chi connectivity index (χ1n) is 7.45. The Morgan fingerprint density at radius 2 is 1.95 bits per heavy atom. The normalized spacial score (nSPS) is 17.6. The van der Waals surface area contributed by atoms with E-state index < -0.39 is 0 Å². The molecule has 0 aromatic heterocycles. The van der Waals surface area contributed by atoms with Crippen molar-refractivity contribution in [2.75, 3.05) is 12.3 Å². The summed E-state index contributed by atoms with van der Waals surface area (Å²) in [6.07, 6.45) is 6.30. The molecule has 1 aromatic carbocycles. The number of benzene rings is 1. The first-order chi connectivity index (χ1) is 9.65. The minimum Gasteiger partial charge on any atom is -0.458 e. The van der Waals surface area contributed by atoms with Crippen LogP contribution in [0.4, 0.5) is 5.69 Å². The van der Waals surface area contributed by atoms with E-state index in [0.717, 1.165) is 0 Å². The lowest BCUT2D eigenvalue weighted by molar-refractivity contribution is 0.0334. The SMILES string of the molecule is CC(CNC1CCCCC1)OC(=O)c1ccc(N)cc1. The third-order valence-corrected chi connectivity index (χ3v) is 3.75. The van der Waals surface area contributed by atoms with Crippen LogP contribution in [0.5, 0.6) is 0 Å². The molecule has 1 unspecified atom stereocenters. The third-order valence-electron chi connectivity index (χ3n) is 3.75. The van der Waals surface area contributed by atoms with Gasteiger partial charge in [0.05, 0.1) is 5.56 Å². The van der Waals surface area contributed by atoms with Gasteiger partial charge < -0.3 is 15.8 Å². The van der Waals surface area contributed by atoms with Crippen LogP contribution >= 0.6 is 0 Å². The van der Waals surface area contributed by atoms with Crippen LogP contribution in [0.2, 0.25) is 0 Å². The molecule has 20 heavy (non-hydrogen) atoms. The van der Waals surface area contributed by atoms with Gasteiger partial charge in [-0.2, -0.15) is 0 Å². The fourth-order valence-electron chi connectivity index (χ4n) is 2.55.